The van der Waals surface area contributed by atoms with Crippen molar-refractivity contribution in [2.45, 2.75) is 38.6 Å². The van der Waals surface area contributed by atoms with Crippen LogP contribution in [-0.2, 0) is 11.2 Å². The lowest BCUT2D eigenvalue weighted by molar-refractivity contribution is -0.125. The molecule has 3 aliphatic rings. The highest BCUT2D eigenvalue weighted by molar-refractivity contribution is 6.31. The average Bonchev–Trinajstić information content (AvgIpc) is 2.95. The first-order valence-corrected chi connectivity index (χ1v) is 10.5. The number of carbonyl (C=O) groups excluding carboxylic acids is 1. The van der Waals surface area contributed by atoms with Crippen LogP contribution >= 0.6 is 23.2 Å². The van der Waals surface area contributed by atoms with E-state index in [0.29, 0.717) is 11.4 Å². The van der Waals surface area contributed by atoms with Crippen molar-refractivity contribution in [1.29, 1.82) is 0 Å². The van der Waals surface area contributed by atoms with Crippen LogP contribution in [0.2, 0.25) is 10.0 Å². The molecule has 144 valence electrons. The summed E-state index contributed by atoms with van der Waals surface area (Å²) >= 11 is 12.3. The third kappa shape index (κ3) is 2.51. The molecule has 1 fully saturated rings. The summed E-state index contributed by atoms with van der Waals surface area (Å²) in [6, 6.07) is 13.4. The Kier molecular flexibility index (Phi) is 4.18. The van der Waals surface area contributed by atoms with E-state index in [-0.39, 0.29) is 11.9 Å². The minimum atomic E-state index is -0.624. The van der Waals surface area contributed by atoms with Crippen LogP contribution in [0.5, 0.6) is 0 Å². The molecule has 6 heteroatoms. The van der Waals surface area contributed by atoms with E-state index < -0.39 is 5.41 Å². The Morgan fingerprint density at radius 1 is 1.07 bits per heavy atom. The molecule has 2 atom stereocenters. The number of fused-ring (bicyclic) bond motifs is 4. The van der Waals surface area contributed by atoms with E-state index in [9.17, 15) is 4.79 Å². The fourth-order valence-corrected chi connectivity index (χ4v) is 5.37. The van der Waals surface area contributed by atoms with Gasteiger partial charge in [0.2, 0.25) is 0 Å². The zero-order valence-electron chi connectivity index (χ0n) is 15.7. The van der Waals surface area contributed by atoms with Gasteiger partial charge in [0.1, 0.15) is 5.41 Å². The van der Waals surface area contributed by atoms with Gasteiger partial charge >= 0.3 is 0 Å². The lowest BCUT2D eigenvalue weighted by atomic mass is 9.66. The van der Waals surface area contributed by atoms with E-state index >= 15 is 0 Å². The highest BCUT2D eigenvalue weighted by Crippen LogP contribution is 2.50. The maximum atomic E-state index is 13.8. The summed E-state index contributed by atoms with van der Waals surface area (Å²) in [5, 5.41) is 7.69. The first-order valence-electron chi connectivity index (χ1n) is 9.71. The Bertz CT molecular complexity index is 988. The molecule has 0 radical (unpaired) electrons. The Morgan fingerprint density at radius 2 is 1.82 bits per heavy atom. The number of piperidine rings is 1. The molecule has 0 aliphatic carbocycles. The average molecular weight is 414 g/mol. The summed E-state index contributed by atoms with van der Waals surface area (Å²) in [6.45, 7) is 2.95. The van der Waals surface area contributed by atoms with Crippen LogP contribution in [-0.4, -0.2) is 24.2 Å². The van der Waals surface area contributed by atoms with Crippen molar-refractivity contribution in [3.8, 4) is 0 Å². The number of rotatable bonds is 1. The standard InChI is InChI=1S/C22H21Cl2N3O/c1-14-22(21(28)27(25-14)18-9-7-16(23)8-10-18)13-15-5-6-17(24)12-19(15)26-11-3-2-4-20(22)26/h5-10,12,20H,2-4,11,13H2,1H3/t20-,22+/m0/s1. The van der Waals surface area contributed by atoms with Crippen molar-refractivity contribution in [2.75, 3.05) is 16.5 Å². The summed E-state index contributed by atoms with van der Waals surface area (Å²) in [5.74, 6) is 0.0600. The van der Waals surface area contributed by atoms with Gasteiger partial charge < -0.3 is 4.90 Å². The number of halogens is 2. The molecule has 1 amide bonds. The summed E-state index contributed by atoms with van der Waals surface area (Å²) in [6.07, 6.45) is 3.90. The van der Waals surface area contributed by atoms with Crippen LogP contribution in [0, 0.1) is 5.41 Å². The lowest BCUT2D eigenvalue weighted by Gasteiger charge is -2.51. The predicted octanol–water partition coefficient (Wildman–Crippen LogP) is 5.32. The van der Waals surface area contributed by atoms with E-state index in [1.54, 1.807) is 17.1 Å². The van der Waals surface area contributed by atoms with Gasteiger partial charge in [-0.05, 0) is 74.6 Å². The van der Waals surface area contributed by atoms with Crippen LogP contribution in [0.25, 0.3) is 0 Å². The monoisotopic (exact) mass is 413 g/mol. The minimum absolute atomic E-state index is 0.0600. The lowest BCUT2D eigenvalue weighted by Crippen LogP contribution is -2.61. The molecule has 2 aromatic carbocycles. The van der Waals surface area contributed by atoms with Crippen LogP contribution < -0.4 is 9.91 Å². The molecule has 0 aromatic heterocycles. The van der Waals surface area contributed by atoms with Crippen molar-refractivity contribution < 1.29 is 4.79 Å². The van der Waals surface area contributed by atoms with Gasteiger partial charge in [-0.25, -0.2) is 0 Å². The normalized spacial score (nSPS) is 26.3. The third-order valence-corrected chi connectivity index (χ3v) is 6.93. The fourth-order valence-electron chi connectivity index (χ4n) is 5.08. The Morgan fingerprint density at radius 3 is 2.61 bits per heavy atom. The second-order valence-corrected chi connectivity index (χ2v) is 8.78. The SMILES string of the molecule is CC1=NN(c2ccc(Cl)cc2)C(=O)[C@]12Cc1ccc(Cl)cc1N1CCCC[C@H]12. The van der Waals surface area contributed by atoms with Crippen molar-refractivity contribution in [3.05, 3.63) is 58.1 Å². The van der Waals surface area contributed by atoms with Crippen LogP contribution in [0.15, 0.2) is 47.6 Å². The van der Waals surface area contributed by atoms with E-state index in [2.05, 4.69) is 11.0 Å². The topological polar surface area (TPSA) is 35.9 Å². The van der Waals surface area contributed by atoms with Gasteiger partial charge in [0.15, 0.2) is 0 Å². The number of anilines is 2. The number of hydrazone groups is 1. The Balaban J connectivity index is 1.62. The van der Waals surface area contributed by atoms with Crippen molar-refractivity contribution in [1.82, 2.24) is 0 Å². The van der Waals surface area contributed by atoms with Gasteiger partial charge in [0, 0.05) is 28.3 Å². The fraction of sp³-hybridized carbons (Fsp3) is 0.364. The number of benzene rings is 2. The van der Waals surface area contributed by atoms with Crippen LogP contribution in [0.1, 0.15) is 31.7 Å². The molecule has 0 bridgehead atoms. The van der Waals surface area contributed by atoms with Crippen molar-refractivity contribution in [3.63, 3.8) is 0 Å². The molecule has 5 rings (SSSR count). The van der Waals surface area contributed by atoms with Gasteiger partial charge in [0.25, 0.3) is 5.91 Å². The first-order chi connectivity index (χ1) is 13.5. The molecular weight excluding hydrogens is 393 g/mol. The molecule has 1 spiro atoms. The highest BCUT2D eigenvalue weighted by atomic mass is 35.5. The van der Waals surface area contributed by atoms with Gasteiger partial charge in [-0.1, -0.05) is 29.3 Å². The molecule has 3 aliphatic heterocycles. The third-order valence-electron chi connectivity index (χ3n) is 6.44. The number of hydrogen-bond acceptors (Lipinski definition) is 3. The smallest absolute Gasteiger partial charge is 0.261 e. The second-order valence-electron chi connectivity index (χ2n) is 7.90. The molecule has 4 nitrogen and oxygen atoms in total. The quantitative estimate of drug-likeness (QED) is 0.634. The van der Waals surface area contributed by atoms with Crippen molar-refractivity contribution >= 4 is 46.2 Å². The summed E-state index contributed by atoms with van der Waals surface area (Å²) in [7, 11) is 0. The van der Waals surface area contributed by atoms with Crippen molar-refractivity contribution in [2.24, 2.45) is 10.5 Å². The molecule has 28 heavy (non-hydrogen) atoms. The zero-order valence-corrected chi connectivity index (χ0v) is 17.2. The van der Waals surface area contributed by atoms with Crippen LogP contribution in [0.3, 0.4) is 0 Å². The molecule has 0 N–H and O–H groups in total. The highest BCUT2D eigenvalue weighted by Gasteiger charge is 2.59. The van der Waals surface area contributed by atoms with Gasteiger partial charge in [-0.3, -0.25) is 4.79 Å². The summed E-state index contributed by atoms with van der Waals surface area (Å²) < 4.78 is 0. The van der Waals surface area contributed by atoms with E-state index in [0.717, 1.165) is 42.2 Å². The molecule has 0 saturated carbocycles. The first kappa shape index (κ1) is 18.0. The maximum Gasteiger partial charge on any atom is 0.261 e. The Labute approximate surface area is 174 Å². The zero-order chi connectivity index (χ0) is 19.5. The van der Waals surface area contributed by atoms with E-state index in [4.69, 9.17) is 28.3 Å². The molecule has 1 saturated heterocycles. The van der Waals surface area contributed by atoms with Crippen LogP contribution in [0.4, 0.5) is 11.4 Å². The molecule has 3 heterocycles. The number of nitrogens with zero attached hydrogens (tertiary/aromatic N) is 3. The molecule has 0 unspecified atom stereocenters. The van der Waals surface area contributed by atoms with E-state index in [1.807, 2.05) is 31.2 Å². The Hall–Kier alpha value is -2.04. The number of amides is 1. The number of hydrogen-bond donors (Lipinski definition) is 0. The maximum absolute atomic E-state index is 13.8. The largest absolute Gasteiger partial charge is 0.367 e. The molecule has 2 aromatic rings. The van der Waals surface area contributed by atoms with Gasteiger partial charge in [-0.15, -0.1) is 0 Å². The summed E-state index contributed by atoms with van der Waals surface area (Å²) in [4.78, 5) is 16.2. The summed E-state index contributed by atoms with van der Waals surface area (Å²) in [5.41, 5.74) is 3.37. The minimum Gasteiger partial charge on any atom is -0.367 e. The van der Waals surface area contributed by atoms with E-state index in [1.165, 1.54) is 11.3 Å². The second kappa shape index (κ2) is 6.50. The molecular formula is C22H21Cl2N3O. The number of carbonyl (C=O) groups is 1. The predicted molar refractivity (Wildman–Crippen MR) is 115 cm³/mol. The van der Waals surface area contributed by atoms with Gasteiger partial charge in [0.05, 0.1) is 11.4 Å². The van der Waals surface area contributed by atoms with Gasteiger partial charge in [-0.2, -0.15) is 10.1 Å².